The summed E-state index contributed by atoms with van der Waals surface area (Å²) >= 11 is 0. The van der Waals surface area contributed by atoms with Gasteiger partial charge in [0.1, 0.15) is 6.10 Å². The number of ether oxygens (including phenoxy) is 1. The maximum atomic E-state index is 12.4. The maximum absolute atomic E-state index is 12.4. The molecule has 1 rings (SSSR count). The van der Waals surface area contributed by atoms with Crippen molar-refractivity contribution in [1.29, 1.82) is 0 Å². The van der Waals surface area contributed by atoms with Crippen LogP contribution in [0.3, 0.4) is 0 Å². The van der Waals surface area contributed by atoms with Crippen LogP contribution in [0.15, 0.2) is 47.6 Å². The Bertz CT molecular complexity index is 690. The van der Waals surface area contributed by atoms with E-state index in [2.05, 4.69) is 16.9 Å². The first-order chi connectivity index (χ1) is 15.6. The highest BCUT2D eigenvalue weighted by molar-refractivity contribution is 5.89. The van der Waals surface area contributed by atoms with Crippen LogP contribution in [0.25, 0.3) is 10.4 Å². The normalized spacial score (nSPS) is 14.0. The number of hydrogen-bond acceptors (Lipinski definition) is 5. The van der Waals surface area contributed by atoms with Crippen molar-refractivity contribution in [3.05, 3.63) is 58.5 Å². The number of carbonyl (C=O) groups is 1. The Labute approximate surface area is 192 Å². The van der Waals surface area contributed by atoms with Crippen molar-refractivity contribution in [2.45, 2.75) is 102 Å². The Balaban J connectivity index is 2.37. The smallest absolute Gasteiger partial charge is 0.338 e. The van der Waals surface area contributed by atoms with Crippen LogP contribution in [0.2, 0.25) is 0 Å². The zero-order valence-electron chi connectivity index (χ0n) is 19.4. The lowest BCUT2D eigenvalue weighted by molar-refractivity contribution is 0.0200. The SMILES string of the molecule is CCCCCCCCCCCCC/C=C/[C@@H](OC(=O)c1ccccc1)[C@@H](N)C(O)N=[N+]=[N-]. The highest BCUT2D eigenvalue weighted by atomic mass is 16.5. The molecule has 1 aromatic rings. The molecule has 0 fully saturated rings. The molecule has 0 aliphatic carbocycles. The molecule has 7 nitrogen and oxygen atoms in total. The van der Waals surface area contributed by atoms with Crippen molar-refractivity contribution in [3.8, 4) is 0 Å². The summed E-state index contributed by atoms with van der Waals surface area (Å²) in [6.07, 6.45) is 16.1. The average Bonchev–Trinajstić information content (AvgIpc) is 2.81. The van der Waals surface area contributed by atoms with Crippen LogP contribution >= 0.6 is 0 Å². The topological polar surface area (TPSA) is 121 Å². The Morgan fingerprint density at radius 1 is 1.06 bits per heavy atom. The van der Waals surface area contributed by atoms with E-state index >= 15 is 0 Å². The van der Waals surface area contributed by atoms with Gasteiger partial charge in [0.2, 0.25) is 0 Å². The fraction of sp³-hybridized carbons (Fsp3) is 0.640. The van der Waals surface area contributed by atoms with Crippen molar-refractivity contribution >= 4 is 5.97 Å². The van der Waals surface area contributed by atoms with Crippen LogP contribution in [-0.2, 0) is 4.74 Å². The molecule has 3 N–H and O–H groups in total. The van der Waals surface area contributed by atoms with Crippen molar-refractivity contribution < 1.29 is 14.6 Å². The monoisotopic (exact) mass is 444 g/mol. The van der Waals surface area contributed by atoms with E-state index in [9.17, 15) is 9.90 Å². The molecule has 3 atom stereocenters. The molecular formula is C25H40N4O3. The number of benzene rings is 1. The molecule has 0 saturated heterocycles. The number of esters is 1. The Morgan fingerprint density at radius 3 is 2.19 bits per heavy atom. The van der Waals surface area contributed by atoms with E-state index in [-0.39, 0.29) is 0 Å². The molecule has 0 spiro atoms. The summed E-state index contributed by atoms with van der Waals surface area (Å²) in [6, 6.07) is 7.52. The second kappa shape index (κ2) is 18.3. The van der Waals surface area contributed by atoms with E-state index in [1.165, 1.54) is 57.8 Å². The number of allylic oxidation sites excluding steroid dienone is 1. The minimum atomic E-state index is -1.49. The van der Waals surface area contributed by atoms with Gasteiger partial charge in [-0.2, -0.15) is 0 Å². The molecule has 0 bridgehead atoms. The van der Waals surface area contributed by atoms with E-state index in [0.29, 0.717) is 5.56 Å². The van der Waals surface area contributed by atoms with Crippen molar-refractivity contribution in [2.24, 2.45) is 10.8 Å². The van der Waals surface area contributed by atoms with Gasteiger partial charge < -0.3 is 15.6 Å². The number of hydrogen-bond donors (Lipinski definition) is 2. The molecule has 0 heterocycles. The summed E-state index contributed by atoms with van der Waals surface area (Å²) in [5.41, 5.74) is 14.9. The third-order valence-electron chi connectivity index (χ3n) is 5.45. The fourth-order valence-corrected chi connectivity index (χ4v) is 3.47. The molecule has 1 aromatic carbocycles. The second-order valence-corrected chi connectivity index (χ2v) is 8.18. The number of nitrogens with zero attached hydrogens (tertiary/aromatic N) is 3. The third kappa shape index (κ3) is 12.5. The van der Waals surface area contributed by atoms with Gasteiger partial charge in [0, 0.05) is 4.91 Å². The van der Waals surface area contributed by atoms with E-state index in [1.807, 2.05) is 6.08 Å². The molecule has 0 saturated carbocycles. The standard InChI is InChI=1S/C25H40N4O3/c1-2-3-4-5-6-7-8-9-10-11-12-13-17-20-22(23(26)24(30)28-29-27)32-25(31)21-18-15-14-16-19-21/h14-20,22-24,30H,2-13,26H2,1H3/b20-17+/t22-,23-,24?/m1/s1. The number of aliphatic hydroxyl groups is 1. The van der Waals surface area contributed by atoms with Gasteiger partial charge in [-0.3, -0.25) is 0 Å². The Kier molecular flexibility index (Phi) is 15.8. The van der Waals surface area contributed by atoms with E-state index in [4.69, 9.17) is 16.0 Å². The van der Waals surface area contributed by atoms with E-state index < -0.39 is 24.3 Å². The zero-order chi connectivity index (χ0) is 23.4. The van der Waals surface area contributed by atoms with Gasteiger partial charge >= 0.3 is 5.97 Å². The summed E-state index contributed by atoms with van der Waals surface area (Å²) in [4.78, 5) is 15.0. The molecule has 0 aliphatic rings. The first-order valence-electron chi connectivity index (χ1n) is 12.0. The molecule has 7 heteroatoms. The molecule has 0 aromatic heterocycles. The molecular weight excluding hydrogens is 404 g/mol. The van der Waals surface area contributed by atoms with Crippen molar-refractivity contribution in [2.75, 3.05) is 0 Å². The lowest BCUT2D eigenvalue weighted by Crippen LogP contribution is -2.45. The molecule has 0 aliphatic heterocycles. The zero-order valence-corrected chi connectivity index (χ0v) is 19.4. The summed E-state index contributed by atoms with van der Waals surface area (Å²) in [5.74, 6) is -0.543. The minimum absolute atomic E-state index is 0.390. The number of rotatable bonds is 18. The van der Waals surface area contributed by atoms with Gasteiger partial charge in [0.25, 0.3) is 0 Å². The highest BCUT2D eigenvalue weighted by Crippen LogP contribution is 2.14. The van der Waals surface area contributed by atoms with Gasteiger partial charge in [-0.1, -0.05) is 101 Å². The largest absolute Gasteiger partial charge is 0.453 e. The van der Waals surface area contributed by atoms with Gasteiger partial charge in [0.05, 0.1) is 11.6 Å². The second-order valence-electron chi connectivity index (χ2n) is 8.18. The van der Waals surface area contributed by atoms with Crippen LogP contribution in [0.5, 0.6) is 0 Å². The van der Waals surface area contributed by atoms with Crippen LogP contribution < -0.4 is 5.73 Å². The average molecular weight is 445 g/mol. The Morgan fingerprint density at radius 2 is 1.62 bits per heavy atom. The first kappa shape index (κ1) is 27.7. The highest BCUT2D eigenvalue weighted by Gasteiger charge is 2.26. The van der Waals surface area contributed by atoms with Crippen LogP contribution in [0.1, 0.15) is 94.3 Å². The number of nitrogens with two attached hydrogens (primary N) is 1. The number of unbranched alkanes of at least 4 members (excludes halogenated alkanes) is 11. The van der Waals surface area contributed by atoms with Gasteiger partial charge in [-0.05, 0) is 36.6 Å². The summed E-state index contributed by atoms with van der Waals surface area (Å²) < 4.78 is 5.48. The lowest BCUT2D eigenvalue weighted by Gasteiger charge is -2.23. The molecule has 1 unspecified atom stereocenters. The first-order valence-corrected chi connectivity index (χ1v) is 12.0. The minimum Gasteiger partial charge on any atom is -0.453 e. The molecule has 0 amide bonds. The van der Waals surface area contributed by atoms with Crippen molar-refractivity contribution in [3.63, 3.8) is 0 Å². The van der Waals surface area contributed by atoms with E-state index in [1.54, 1.807) is 36.4 Å². The predicted molar refractivity (Wildman–Crippen MR) is 129 cm³/mol. The quantitative estimate of drug-likeness (QED) is 0.0677. The van der Waals surface area contributed by atoms with Gasteiger partial charge in [-0.25, -0.2) is 4.79 Å². The van der Waals surface area contributed by atoms with Crippen LogP contribution in [-0.4, -0.2) is 29.4 Å². The number of carbonyl (C=O) groups excluding carboxylic acids is 1. The van der Waals surface area contributed by atoms with Crippen LogP contribution in [0.4, 0.5) is 0 Å². The maximum Gasteiger partial charge on any atom is 0.338 e. The van der Waals surface area contributed by atoms with Crippen molar-refractivity contribution in [1.82, 2.24) is 0 Å². The summed E-state index contributed by atoms with van der Waals surface area (Å²) in [7, 11) is 0. The van der Waals surface area contributed by atoms with E-state index in [0.717, 1.165) is 19.3 Å². The lowest BCUT2D eigenvalue weighted by atomic mass is 10.0. The molecule has 178 valence electrons. The Hall–Kier alpha value is -2.34. The predicted octanol–water partition coefficient (Wildman–Crippen LogP) is 6.43. The van der Waals surface area contributed by atoms with Gasteiger partial charge in [-0.15, -0.1) is 0 Å². The number of aliphatic hydroxyl groups excluding tert-OH is 1. The molecule has 32 heavy (non-hydrogen) atoms. The van der Waals surface area contributed by atoms with Gasteiger partial charge in [0.15, 0.2) is 6.23 Å². The fourth-order valence-electron chi connectivity index (χ4n) is 3.47. The summed E-state index contributed by atoms with van der Waals surface area (Å²) in [6.45, 7) is 2.24. The number of azide groups is 1. The third-order valence-corrected chi connectivity index (χ3v) is 5.45. The van der Waals surface area contributed by atoms with Crippen LogP contribution in [0, 0.1) is 0 Å². The summed E-state index contributed by atoms with van der Waals surface area (Å²) in [5, 5.41) is 13.1. The molecule has 0 radical (unpaired) electrons.